The van der Waals surface area contributed by atoms with Crippen molar-refractivity contribution < 1.29 is 4.74 Å². The molecule has 90 valence electrons. The molecule has 0 spiro atoms. The van der Waals surface area contributed by atoms with Gasteiger partial charge in [0.25, 0.3) is 0 Å². The number of para-hydroxylation sites is 1. The summed E-state index contributed by atoms with van der Waals surface area (Å²) in [6.45, 7) is 0. The summed E-state index contributed by atoms with van der Waals surface area (Å²) in [4.78, 5) is 0. The Hall–Kier alpha value is -1.89. The van der Waals surface area contributed by atoms with Crippen LogP contribution in [-0.4, -0.2) is 0 Å². The lowest BCUT2D eigenvalue weighted by Crippen LogP contribution is -1.94. The van der Waals surface area contributed by atoms with E-state index in [-0.39, 0.29) is 5.56 Å². The molecule has 0 heterocycles. The highest BCUT2D eigenvalue weighted by Crippen LogP contribution is 2.37. The summed E-state index contributed by atoms with van der Waals surface area (Å²) in [6, 6.07) is 12.0. The third kappa shape index (κ3) is 2.35. The van der Waals surface area contributed by atoms with E-state index in [2.05, 4.69) is 0 Å². The van der Waals surface area contributed by atoms with Gasteiger partial charge in [-0.3, -0.25) is 0 Å². The van der Waals surface area contributed by atoms with Gasteiger partial charge in [-0.25, -0.2) is 0 Å². The maximum Gasteiger partial charge on any atom is 0.168 e. The van der Waals surface area contributed by atoms with Crippen molar-refractivity contribution in [1.29, 1.82) is 5.26 Å². The second kappa shape index (κ2) is 5.18. The average molecular weight is 279 g/mol. The Balaban J connectivity index is 2.48. The van der Waals surface area contributed by atoms with Crippen molar-refractivity contribution >= 4 is 28.9 Å². The molecule has 0 radical (unpaired) electrons. The van der Waals surface area contributed by atoms with Crippen LogP contribution in [0.1, 0.15) is 5.56 Å². The van der Waals surface area contributed by atoms with Gasteiger partial charge in [0.1, 0.15) is 17.4 Å². The van der Waals surface area contributed by atoms with E-state index in [9.17, 15) is 0 Å². The van der Waals surface area contributed by atoms with E-state index < -0.39 is 0 Å². The Morgan fingerprint density at radius 3 is 2.39 bits per heavy atom. The molecule has 0 saturated carbocycles. The van der Waals surface area contributed by atoms with E-state index in [1.807, 2.05) is 6.07 Å². The number of nitrogen functional groups attached to an aromatic ring is 1. The summed E-state index contributed by atoms with van der Waals surface area (Å²) in [5.74, 6) is 0.641. The van der Waals surface area contributed by atoms with E-state index in [0.29, 0.717) is 27.2 Å². The van der Waals surface area contributed by atoms with Crippen LogP contribution in [0.15, 0.2) is 36.4 Å². The van der Waals surface area contributed by atoms with Gasteiger partial charge >= 0.3 is 0 Å². The molecule has 0 fully saturated rings. The summed E-state index contributed by atoms with van der Waals surface area (Å²) < 4.78 is 5.58. The second-order valence-corrected chi connectivity index (χ2v) is 4.30. The van der Waals surface area contributed by atoms with Crippen molar-refractivity contribution in [2.45, 2.75) is 0 Å². The Kier molecular flexibility index (Phi) is 3.61. The first-order chi connectivity index (χ1) is 8.63. The number of nitrogens with zero attached hydrogens (tertiary/aromatic N) is 1. The van der Waals surface area contributed by atoms with Gasteiger partial charge in [-0.15, -0.1) is 0 Å². The molecule has 0 saturated heterocycles. The number of nitrogens with two attached hydrogens (primary N) is 1. The maximum atomic E-state index is 9.04. The van der Waals surface area contributed by atoms with Crippen LogP contribution < -0.4 is 10.5 Å². The van der Waals surface area contributed by atoms with Crippen LogP contribution in [0.2, 0.25) is 10.0 Å². The van der Waals surface area contributed by atoms with Crippen molar-refractivity contribution in [3.05, 3.63) is 52.0 Å². The molecule has 0 aromatic heterocycles. The fraction of sp³-hybridized carbons (Fsp3) is 0. The van der Waals surface area contributed by atoms with Crippen molar-refractivity contribution in [3.63, 3.8) is 0 Å². The highest BCUT2D eigenvalue weighted by molar-refractivity contribution is 6.32. The maximum absolute atomic E-state index is 9.04. The minimum atomic E-state index is 0.249. The van der Waals surface area contributed by atoms with Crippen LogP contribution in [0.5, 0.6) is 11.5 Å². The molecule has 2 aromatic carbocycles. The monoisotopic (exact) mass is 278 g/mol. The zero-order chi connectivity index (χ0) is 13.1. The molecule has 0 bridgehead atoms. The fourth-order valence-electron chi connectivity index (χ4n) is 1.44. The Labute approximate surface area is 114 Å². The molecule has 2 N–H and O–H groups in total. The lowest BCUT2D eigenvalue weighted by atomic mass is 10.2. The molecule has 2 rings (SSSR count). The van der Waals surface area contributed by atoms with Crippen molar-refractivity contribution in [1.82, 2.24) is 0 Å². The Morgan fingerprint density at radius 1 is 1.06 bits per heavy atom. The minimum Gasteiger partial charge on any atom is -0.452 e. The number of rotatable bonds is 2. The third-order valence-electron chi connectivity index (χ3n) is 2.30. The first-order valence-corrected chi connectivity index (χ1v) is 5.79. The van der Waals surface area contributed by atoms with Crippen LogP contribution in [0.4, 0.5) is 5.69 Å². The van der Waals surface area contributed by atoms with Crippen LogP contribution in [0.3, 0.4) is 0 Å². The first-order valence-electron chi connectivity index (χ1n) is 5.04. The molecule has 0 atom stereocenters. The minimum absolute atomic E-state index is 0.249. The molecule has 0 unspecified atom stereocenters. The predicted molar refractivity (Wildman–Crippen MR) is 72.1 cm³/mol. The summed E-state index contributed by atoms with van der Waals surface area (Å²) >= 11 is 11.9. The van der Waals surface area contributed by atoms with Gasteiger partial charge in [-0.2, -0.15) is 5.26 Å². The van der Waals surface area contributed by atoms with Crippen LogP contribution >= 0.6 is 23.2 Å². The second-order valence-electron chi connectivity index (χ2n) is 3.49. The first kappa shape index (κ1) is 12.6. The van der Waals surface area contributed by atoms with E-state index in [1.54, 1.807) is 36.4 Å². The Morgan fingerprint density at radius 2 is 1.72 bits per heavy atom. The number of nitriles is 1. The summed E-state index contributed by atoms with van der Waals surface area (Å²) in [6.07, 6.45) is 0. The molecule has 0 aliphatic rings. The van der Waals surface area contributed by atoms with E-state index in [4.69, 9.17) is 38.9 Å². The van der Waals surface area contributed by atoms with E-state index in [1.165, 1.54) is 0 Å². The number of hydrogen-bond acceptors (Lipinski definition) is 3. The van der Waals surface area contributed by atoms with Crippen molar-refractivity contribution in [3.8, 4) is 17.6 Å². The summed E-state index contributed by atoms with van der Waals surface area (Å²) in [5, 5.41) is 9.73. The van der Waals surface area contributed by atoms with Gasteiger partial charge < -0.3 is 10.5 Å². The number of hydrogen-bond donors (Lipinski definition) is 1. The SMILES string of the molecule is N#Cc1c(Cl)cccc1Oc1c(N)cccc1Cl. The molecule has 0 aliphatic carbocycles. The fourth-order valence-corrected chi connectivity index (χ4v) is 1.87. The lowest BCUT2D eigenvalue weighted by Gasteiger charge is -2.11. The largest absolute Gasteiger partial charge is 0.452 e. The van der Waals surface area contributed by atoms with Gasteiger partial charge in [0, 0.05) is 0 Å². The molecule has 0 amide bonds. The normalized spacial score (nSPS) is 9.83. The van der Waals surface area contributed by atoms with Crippen molar-refractivity contribution in [2.24, 2.45) is 0 Å². The van der Waals surface area contributed by atoms with E-state index in [0.717, 1.165) is 0 Å². The van der Waals surface area contributed by atoms with Gasteiger partial charge in [0.2, 0.25) is 0 Å². The molecule has 3 nitrogen and oxygen atoms in total. The van der Waals surface area contributed by atoms with Gasteiger partial charge in [-0.1, -0.05) is 35.3 Å². The van der Waals surface area contributed by atoms with Crippen LogP contribution in [-0.2, 0) is 0 Å². The standard InChI is InChI=1S/C13H8Cl2N2O/c14-9-3-2-6-12(8(9)7-16)18-13-10(15)4-1-5-11(13)17/h1-6H,17H2. The highest BCUT2D eigenvalue weighted by Gasteiger charge is 2.12. The summed E-state index contributed by atoms with van der Waals surface area (Å²) in [7, 11) is 0. The van der Waals surface area contributed by atoms with Crippen LogP contribution in [0.25, 0.3) is 0 Å². The number of halogens is 2. The molecule has 2 aromatic rings. The van der Waals surface area contributed by atoms with Crippen LogP contribution in [0, 0.1) is 11.3 Å². The zero-order valence-electron chi connectivity index (χ0n) is 9.15. The molecular weight excluding hydrogens is 271 g/mol. The predicted octanol–water partition coefficient (Wildman–Crippen LogP) is 4.24. The topological polar surface area (TPSA) is 59.0 Å². The van der Waals surface area contributed by atoms with Gasteiger partial charge in [0.15, 0.2) is 5.75 Å². The molecule has 5 heteroatoms. The highest BCUT2D eigenvalue weighted by atomic mass is 35.5. The lowest BCUT2D eigenvalue weighted by molar-refractivity contribution is 0.484. The van der Waals surface area contributed by atoms with Gasteiger partial charge in [0.05, 0.1) is 15.7 Å². The number of ether oxygens (including phenoxy) is 1. The third-order valence-corrected chi connectivity index (χ3v) is 2.91. The van der Waals surface area contributed by atoms with Crippen molar-refractivity contribution in [2.75, 3.05) is 5.73 Å². The number of benzene rings is 2. The average Bonchev–Trinajstić information content (AvgIpc) is 2.34. The molecule has 0 aliphatic heterocycles. The molecular formula is C13H8Cl2N2O. The van der Waals surface area contributed by atoms with E-state index >= 15 is 0 Å². The zero-order valence-corrected chi connectivity index (χ0v) is 10.7. The Bertz CT molecular complexity index is 615. The summed E-state index contributed by atoms with van der Waals surface area (Å²) in [5.41, 5.74) is 6.42. The molecule has 18 heavy (non-hydrogen) atoms. The quantitative estimate of drug-likeness (QED) is 0.836. The van der Waals surface area contributed by atoms with Gasteiger partial charge in [-0.05, 0) is 24.3 Å². The number of anilines is 1. The smallest absolute Gasteiger partial charge is 0.168 e.